The average Bonchev–Trinajstić information content (AvgIpc) is 2.92. The summed E-state index contributed by atoms with van der Waals surface area (Å²) < 4.78 is 1.25. The molecule has 0 aliphatic rings. The number of nitrogens with one attached hydrogen (secondary N) is 1. The van der Waals surface area contributed by atoms with Gasteiger partial charge in [-0.25, -0.2) is 0 Å². The van der Waals surface area contributed by atoms with Crippen LogP contribution in [0.1, 0.15) is 24.2 Å². The van der Waals surface area contributed by atoms with Gasteiger partial charge in [0.25, 0.3) is 11.5 Å². The molecule has 0 radical (unpaired) electrons. The predicted molar refractivity (Wildman–Crippen MR) is 81.1 cm³/mol. The number of carbonyl (C=O) groups is 1. The highest BCUT2D eigenvalue weighted by Gasteiger charge is 2.19. The van der Waals surface area contributed by atoms with Crippen molar-refractivity contribution in [3.05, 3.63) is 27.5 Å². The molecule has 0 unspecified atom stereocenters. The van der Waals surface area contributed by atoms with E-state index in [2.05, 4.69) is 15.2 Å². The first-order valence-electron chi connectivity index (χ1n) is 6.77. The molecule has 0 aromatic carbocycles. The highest BCUT2D eigenvalue weighted by atomic mass is 32.1. The quantitative estimate of drug-likeness (QED) is 0.813. The maximum absolute atomic E-state index is 12.2. The van der Waals surface area contributed by atoms with Gasteiger partial charge in [0.15, 0.2) is 10.5 Å². The van der Waals surface area contributed by atoms with Gasteiger partial charge in [0.05, 0.1) is 0 Å². The van der Waals surface area contributed by atoms with Gasteiger partial charge in [-0.3, -0.25) is 14.0 Å². The van der Waals surface area contributed by atoms with Crippen LogP contribution >= 0.6 is 11.3 Å². The Hall–Kier alpha value is -1.93. The van der Waals surface area contributed by atoms with E-state index >= 15 is 0 Å². The molecule has 0 aliphatic heterocycles. The van der Waals surface area contributed by atoms with Gasteiger partial charge in [0.1, 0.15) is 0 Å². The van der Waals surface area contributed by atoms with Crippen molar-refractivity contribution in [2.24, 2.45) is 0 Å². The molecule has 2 aromatic heterocycles. The first kappa shape index (κ1) is 15.5. The van der Waals surface area contributed by atoms with Gasteiger partial charge < -0.3 is 15.3 Å². The molecule has 0 saturated heterocycles. The second-order valence-corrected chi connectivity index (χ2v) is 5.33. The molecule has 0 atom stereocenters. The summed E-state index contributed by atoms with van der Waals surface area (Å²) in [5.74, 6) is -1.12. The number of likely N-dealkylation sites (N-methyl/N-ethyl adjacent to an activating group) is 1. The van der Waals surface area contributed by atoms with Crippen LogP contribution in [0.2, 0.25) is 0 Å². The molecule has 8 heteroatoms. The van der Waals surface area contributed by atoms with E-state index in [0.717, 1.165) is 13.1 Å². The predicted octanol–water partition coefficient (Wildman–Crippen LogP) is 0.533. The number of thiazole rings is 1. The summed E-state index contributed by atoms with van der Waals surface area (Å²) in [4.78, 5) is 30.6. The zero-order valence-electron chi connectivity index (χ0n) is 12.0. The standard InChI is InChI=1S/C13H18N4O3S/c1-3-16(4-2)6-5-14-10(18)9-11(19)15-13-17(12(9)20)7-8-21-13/h7-8,19H,3-6H2,1-2H3,(H,14,18). The van der Waals surface area contributed by atoms with E-state index in [1.165, 1.54) is 21.9 Å². The number of nitrogens with zero attached hydrogens (tertiary/aromatic N) is 3. The number of hydrogen-bond acceptors (Lipinski definition) is 6. The third-order valence-corrected chi connectivity index (χ3v) is 4.04. The molecule has 114 valence electrons. The average molecular weight is 310 g/mol. The van der Waals surface area contributed by atoms with Gasteiger partial charge in [0.2, 0.25) is 5.88 Å². The zero-order chi connectivity index (χ0) is 15.4. The number of amides is 1. The molecule has 21 heavy (non-hydrogen) atoms. The monoisotopic (exact) mass is 310 g/mol. The fourth-order valence-corrected chi connectivity index (χ4v) is 2.73. The van der Waals surface area contributed by atoms with Crippen LogP contribution in [0, 0.1) is 0 Å². The van der Waals surface area contributed by atoms with Crippen molar-refractivity contribution >= 4 is 22.2 Å². The van der Waals surface area contributed by atoms with Crippen LogP contribution < -0.4 is 10.9 Å². The molecular weight excluding hydrogens is 292 g/mol. The SMILES string of the molecule is CCN(CC)CCNC(=O)c1c(O)nc2sccn2c1=O. The maximum Gasteiger partial charge on any atom is 0.275 e. The largest absolute Gasteiger partial charge is 0.492 e. The Morgan fingerprint density at radius 1 is 1.48 bits per heavy atom. The van der Waals surface area contributed by atoms with Crippen molar-refractivity contribution in [2.45, 2.75) is 13.8 Å². The topological polar surface area (TPSA) is 86.9 Å². The fourth-order valence-electron chi connectivity index (χ4n) is 2.02. The summed E-state index contributed by atoms with van der Waals surface area (Å²) in [7, 11) is 0. The van der Waals surface area contributed by atoms with Crippen molar-refractivity contribution in [2.75, 3.05) is 26.2 Å². The van der Waals surface area contributed by atoms with E-state index in [4.69, 9.17) is 0 Å². The Bertz CT molecular complexity index is 690. The van der Waals surface area contributed by atoms with Gasteiger partial charge in [-0.05, 0) is 13.1 Å². The molecule has 7 nitrogen and oxygen atoms in total. The number of aromatic nitrogens is 2. The van der Waals surface area contributed by atoms with Gasteiger partial charge in [-0.1, -0.05) is 13.8 Å². The Labute approximate surface area is 125 Å². The Morgan fingerprint density at radius 2 is 2.19 bits per heavy atom. The van der Waals surface area contributed by atoms with E-state index in [-0.39, 0.29) is 5.56 Å². The lowest BCUT2D eigenvalue weighted by molar-refractivity contribution is 0.0943. The lowest BCUT2D eigenvalue weighted by atomic mass is 10.3. The van der Waals surface area contributed by atoms with Gasteiger partial charge >= 0.3 is 0 Å². The Balaban J connectivity index is 2.14. The summed E-state index contributed by atoms with van der Waals surface area (Å²) >= 11 is 1.22. The molecule has 0 fully saturated rings. The second kappa shape index (κ2) is 6.68. The Morgan fingerprint density at radius 3 is 2.86 bits per heavy atom. The molecule has 2 aromatic rings. The van der Waals surface area contributed by atoms with Crippen LogP contribution in [0.15, 0.2) is 16.4 Å². The van der Waals surface area contributed by atoms with Crippen LogP contribution in [-0.4, -0.2) is 51.5 Å². The maximum atomic E-state index is 12.2. The molecular formula is C13H18N4O3S. The smallest absolute Gasteiger partial charge is 0.275 e. The van der Waals surface area contributed by atoms with Crippen molar-refractivity contribution in [3.63, 3.8) is 0 Å². The van der Waals surface area contributed by atoms with Crippen molar-refractivity contribution < 1.29 is 9.90 Å². The first-order chi connectivity index (χ1) is 10.1. The van der Waals surface area contributed by atoms with E-state index in [0.29, 0.717) is 18.1 Å². The molecule has 2 heterocycles. The fraction of sp³-hybridized carbons (Fsp3) is 0.462. The zero-order valence-corrected chi connectivity index (χ0v) is 12.8. The Kier molecular flexibility index (Phi) is 4.92. The van der Waals surface area contributed by atoms with E-state index in [9.17, 15) is 14.7 Å². The summed E-state index contributed by atoms with van der Waals surface area (Å²) in [5, 5.41) is 14.1. The number of hydrogen-bond donors (Lipinski definition) is 2. The minimum atomic E-state index is -0.599. The van der Waals surface area contributed by atoms with Crippen LogP contribution in [0.4, 0.5) is 0 Å². The second-order valence-electron chi connectivity index (χ2n) is 4.45. The highest BCUT2D eigenvalue weighted by Crippen LogP contribution is 2.14. The lowest BCUT2D eigenvalue weighted by Crippen LogP contribution is -2.37. The summed E-state index contributed by atoms with van der Waals surface area (Å²) in [6.07, 6.45) is 1.53. The first-order valence-corrected chi connectivity index (χ1v) is 7.65. The van der Waals surface area contributed by atoms with Gasteiger partial charge in [-0.15, -0.1) is 11.3 Å². The van der Waals surface area contributed by atoms with E-state index in [1.807, 2.05) is 13.8 Å². The number of fused-ring (bicyclic) bond motifs is 1. The molecule has 0 bridgehead atoms. The van der Waals surface area contributed by atoms with E-state index in [1.54, 1.807) is 5.38 Å². The van der Waals surface area contributed by atoms with Crippen LogP contribution in [0.3, 0.4) is 0 Å². The summed E-state index contributed by atoms with van der Waals surface area (Å²) in [5.41, 5.74) is -0.871. The number of carbonyl (C=O) groups excluding carboxylic acids is 1. The molecule has 1 amide bonds. The normalized spacial score (nSPS) is 11.2. The minimum Gasteiger partial charge on any atom is -0.492 e. The minimum absolute atomic E-state index is 0.314. The van der Waals surface area contributed by atoms with Crippen LogP contribution in [0.5, 0.6) is 5.88 Å². The van der Waals surface area contributed by atoms with Crippen molar-refractivity contribution in [1.82, 2.24) is 19.6 Å². The lowest BCUT2D eigenvalue weighted by Gasteiger charge is -2.17. The van der Waals surface area contributed by atoms with Crippen LogP contribution in [0.25, 0.3) is 4.96 Å². The third-order valence-electron chi connectivity index (χ3n) is 3.28. The van der Waals surface area contributed by atoms with E-state index < -0.39 is 17.3 Å². The van der Waals surface area contributed by atoms with Crippen molar-refractivity contribution in [3.8, 4) is 5.88 Å². The summed E-state index contributed by atoms with van der Waals surface area (Å²) in [6, 6.07) is 0. The molecule has 2 rings (SSSR count). The van der Waals surface area contributed by atoms with Gasteiger partial charge in [-0.2, -0.15) is 4.98 Å². The van der Waals surface area contributed by atoms with Crippen molar-refractivity contribution in [1.29, 1.82) is 0 Å². The molecule has 2 N–H and O–H groups in total. The van der Waals surface area contributed by atoms with Gasteiger partial charge in [0, 0.05) is 24.7 Å². The summed E-state index contributed by atoms with van der Waals surface area (Å²) in [6.45, 7) is 6.96. The number of rotatable bonds is 6. The third kappa shape index (κ3) is 3.22. The molecule has 0 aliphatic carbocycles. The van der Waals surface area contributed by atoms with Crippen LogP contribution in [-0.2, 0) is 0 Å². The highest BCUT2D eigenvalue weighted by molar-refractivity contribution is 7.15. The molecule has 0 saturated carbocycles. The molecule has 0 spiro atoms. The number of aromatic hydroxyl groups is 1.